The van der Waals surface area contributed by atoms with Crippen LogP contribution in [0.1, 0.15) is 0 Å². The third-order valence-electron chi connectivity index (χ3n) is 22.0. The zero-order chi connectivity index (χ0) is 73.7. The summed E-state index contributed by atoms with van der Waals surface area (Å²) in [6.45, 7) is 0. The second-order valence-corrected chi connectivity index (χ2v) is 28.7. The van der Waals surface area contributed by atoms with E-state index in [0.29, 0.717) is 0 Å². The Hall–Kier alpha value is -15.3. The van der Waals surface area contributed by atoms with Crippen LogP contribution in [0.25, 0.3) is 231 Å². The Kier molecular flexibility index (Phi) is 15.0. The molecule has 0 saturated carbocycles. The first-order valence-electron chi connectivity index (χ1n) is 37.5. The van der Waals surface area contributed by atoms with Crippen molar-refractivity contribution in [3.05, 3.63) is 365 Å². The molecule has 0 N–H and O–H groups in total. The molecule has 112 heavy (non-hydrogen) atoms. The van der Waals surface area contributed by atoms with Crippen molar-refractivity contribution in [2.75, 3.05) is 0 Å². The van der Waals surface area contributed by atoms with Gasteiger partial charge in [-0.05, 0) is 187 Å². The molecule has 10 heteroatoms. The minimum absolute atomic E-state index is 0.866. The van der Waals surface area contributed by atoms with E-state index in [2.05, 4.69) is 319 Å². The summed E-state index contributed by atoms with van der Waals surface area (Å²) in [5, 5.41) is 20.1. The van der Waals surface area contributed by atoms with Crippen molar-refractivity contribution in [3.8, 4) is 90.1 Å². The predicted molar refractivity (Wildman–Crippen MR) is 462 cm³/mol. The first-order chi connectivity index (χ1) is 55.4. The average molecular weight is 1430 g/mol. The number of benzene rings is 13. The molecule has 10 nitrogen and oxygen atoms in total. The minimum atomic E-state index is 0.866. The van der Waals surface area contributed by atoms with Crippen LogP contribution >= 0.6 is 0 Å². The van der Waals surface area contributed by atoms with Gasteiger partial charge in [0.1, 0.15) is 0 Å². The predicted octanol–water partition coefficient (Wildman–Crippen LogP) is 25.7. The second kappa shape index (κ2) is 26.3. The molecule has 10 aromatic heterocycles. The number of aromatic nitrogens is 10. The Morgan fingerprint density at radius 1 is 0.152 bits per heavy atom. The van der Waals surface area contributed by atoms with Crippen molar-refractivity contribution >= 4 is 141 Å². The van der Waals surface area contributed by atoms with E-state index in [-0.39, 0.29) is 0 Å². The Morgan fingerprint density at radius 2 is 0.429 bits per heavy atom. The fourth-order valence-corrected chi connectivity index (χ4v) is 16.2. The fourth-order valence-electron chi connectivity index (χ4n) is 16.2. The van der Waals surface area contributed by atoms with Gasteiger partial charge in [0.15, 0.2) is 0 Å². The Bertz CT molecular complexity index is 7820. The highest BCUT2D eigenvalue weighted by molar-refractivity contribution is 6.21. The summed E-state index contributed by atoms with van der Waals surface area (Å²) < 4.78 is 0. The molecule has 0 aliphatic rings. The van der Waals surface area contributed by atoms with Crippen LogP contribution < -0.4 is 0 Å². The molecule has 518 valence electrons. The molecule has 13 aromatic carbocycles. The molecule has 0 aliphatic heterocycles. The zero-order valence-corrected chi connectivity index (χ0v) is 60.1. The normalized spacial score (nSPS) is 11.8. The van der Waals surface area contributed by atoms with E-state index in [1.165, 1.54) is 0 Å². The van der Waals surface area contributed by atoms with Crippen molar-refractivity contribution in [1.29, 1.82) is 0 Å². The lowest BCUT2D eigenvalue weighted by atomic mass is 9.88. The van der Waals surface area contributed by atoms with Crippen molar-refractivity contribution in [3.63, 3.8) is 0 Å². The number of fused-ring (bicyclic) bond motifs is 15. The van der Waals surface area contributed by atoms with Crippen LogP contribution in [-0.2, 0) is 0 Å². The molecular weight excluding hydrogens is 1370 g/mol. The van der Waals surface area contributed by atoms with Crippen molar-refractivity contribution in [1.82, 2.24) is 49.8 Å². The number of nitrogens with zero attached hydrogens (tertiary/aromatic N) is 10. The SMILES string of the molecule is c1ccc2cc(-c3ccc4cc(-c5ccc6nc(-c7c8ccccc8c(-c8ccc9ccc%10cccnc%10c9n8)c8ccccc78)ccc6c5)ccc4n3)ncc2c1.c1ccc2cc(-c3ccc4cc(-c5ccc6nc(-c7ccc8cc(-c9ccc%10ccc%11cccnc%11c%10n9)ccc8c7)ccc6c5)ccc4n3)ncc2c1. The summed E-state index contributed by atoms with van der Waals surface area (Å²) in [5.41, 5.74) is 23.7. The van der Waals surface area contributed by atoms with Crippen LogP contribution in [0.2, 0.25) is 0 Å². The highest BCUT2D eigenvalue weighted by atomic mass is 14.8. The summed E-state index contributed by atoms with van der Waals surface area (Å²) in [7, 11) is 0. The van der Waals surface area contributed by atoms with Gasteiger partial charge in [0, 0.05) is 101 Å². The van der Waals surface area contributed by atoms with Crippen molar-refractivity contribution < 1.29 is 0 Å². The van der Waals surface area contributed by atoms with Gasteiger partial charge in [-0.2, -0.15) is 0 Å². The van der Waals surface area contributed by atoms with Crippen LogP contribution in [0.5, 0.6) is 0 Å². The molecule has 0 spiro atoms. The van der Waals surface area contributed by atoms with E-state index in [1.54, 1.807) is 0 Å². The summed E-state index contributed by atoms with van der Waals surface area (Å²) in [6, 6.07) is 119. The molecule has 0 atom stereocenters. The summed E-state index contributed by atoms with van der Waals surface area (Å²) in [4.78, 5) is 49.4. The van der Waals surface area contributed by atoms with E-state index < -0.39 is 0 Å². The lowest BCUT2D eigenvalue weighted by Gasteiger charge is -2.17. The molecular formula is C102H60N10. The summed E-state index contributed by atoms with van der Waals surface area (Å²) >= 11 is 0. The molecule has 23 rings (SSSR count). The second-order valence-electron chi connectivity index (χ2n) is 28.7. The molecule has 0 bridgehead atoms. The van der Waals surface area contributed by atoms with Crippen molar-refractivity contribution in [2.24, 2.45) is 0 Å². The number of hydrogen-bond donors (Lipinski definition) is 0. The van der Waals surface area contributed by atoms with E-state index in [4.69, 9.17) is 39.9 Å². The minimum Gasteiger partial charge on any atom is -0.254 e. The molecule has 10 heterocycles. The number of pyridine rings is 10. The lowest BCUT2D eigenvalue weighted by Crippen LogP contribution is -1.95. The number of hydrogen-bond acceptors (Lipinski definition) is 10. The maximum absolute atomic E-state index is 5.33. The van der Waals surface area contributed by atoms with Gasteiger partial charge in [-0.25, -0.2) is 29.9 Å². The maximum Gasteiger partial charge on any atom is 0.0972 e. The lowest BCUT2D eigenvalue weighted by molar-refractivity contribution is 1.29. The molecule has 23 aromatic rings. The molecule has 0 amide bonds. The largest absolute Gasteiger partial charge is 0.254 e. The highest BCUT2D eigenvalue weighted by Gasteiger charge is 2.21. The quantitative estimate of drug-likeness (QED) is 0.107. The maximum atomic E-state index is 5.33. The number of rotatable bonds is 8. The van der Waals surface area contributed by atoms with Gasteiger partial charge >= 0.3 is 0 Å². The van der Waals surface area contributed by atoms with E-state index in [9.17, 15) is 0 Å². The van der Waals surface area contributed by atoms with Gasteiger partial charge < -0.3 is 0 Å². The van der Waals surface area contributed by atoms with Crippen LogP contribution in [-0.4, -0.2) is 49.8 Å². The van der Waals surface area contributed by atoms with Gasteiger partial charge in [0.2, 0.25) is 0 Å². The first-order valence-corrected chi connectivity index (χ1v) is 37.5. The highest BCUT2D eigenvalue weighted by Crippen LogP contribution is 2.45. The Balaban J connectivity index is 0.000000138. The van der Waals surface area contributed by atoms with E-state index in [0.717, 1.165) is 231 Å². The molecule has 0 radical (unpaired) electrons. The zero-order valence-electron chi connectivity index (χ0n) is 60.1. The third kappa shape index (κ3) is 11.4. The fraction of sp³-hybridized carbons (Fsp3) is 0. The Morgan fingerprint density at radius 3 is 0.857 bits per heavy atom. The van der Waals surface area contributed by atoms with Gasteiger partial charge in [-0.3, -0.25) is 19.9 Å². The van der Waals surface area contributed by atoms with Crippen LogP contribution in [0, 0.1) is 0 Å². The molecule has 0 unspecified atom stereocenters. The van der Waals surface area contributed by atoms with Crippen LogP contribution in [0.4, 0.5) is 0 Å². The smallest absolute Gasteiger partial charge is 0.0972 e. The topological polar surface area (TPSA) is 129 Å². The van der Waals surface area contributed by atoms with E-state index >= 15 is 0 Å². The van der Waals surface area contributed by atoms with Crippen molar-refractivity contribution in [2.45, 2.75) is 0 Å². The first kappa shape index (κ1) is 64.0. The van der Waals surface area contributed by atoms with Gasteiger partial charge in [-0.15, -0.1) is 0 Å². The van der Waals surface area contributed by atoms with Crippen LogP contribution in [0.15, 0.2) is 365 Å². The molecule has 0 fully saturated rings. The Labute approximate surface area is 641 Å². The monoisotopic (exact) mass is 1420 g/mol. The third-order valence-corrected chi connectivity index (χ3v) is 22.0. The standard InChI is InChI=1S/C53H31N5.C49H29N5/c1-2-9-39-31-55-49(30-34(39)8-1)46-24-20-37-28-35(18-22-44(37)56-46)36-19-23-45-38(29-36)21-26-47(57-45)50-40-11-3-5-13-42(40)51(43-14-6-4-12-41(43)50)48-25-17-33-16-15-32-10-7-27-54-52(32)53(33)58-48;1-2-5-41-29-51-47(28-32(41)4-1)46-22-17-40-27-36(15-20-44(40)53-46)35-14-19-42-39(26-35)16-21-43(52-42)37-11-9-34-25-38(12-10-33(34)24-37)45-18-13-31-8-7-30-6-3-23-50-48(30)49(31)54-45/h1-31H;1-29H. The van der Waals surface area contributed by atoms with Crippen LogP contribution in [0.3, 0.4) is 0 Å². The molecule has 0 saturated heterocycles. The average Bonchev–Trinajstić information content (AvgIpc) is 0.727. The van der Waals surface area contributed by atoms with Gasteiger partial charge in [-0.1, -0.05) is 218 Å². The molecule has 0 aliphatic carbocycles. The summed E-state index contributed by atoms with van der Waals surface area (Å²) in [6.07, 6.45) is 7.51. The van der Waals surface area contributed by atoms with E-state index in [1.807, 2.05) is 55.1 Å². The van der Waals surface area contributed by atoms with Gasteiger partial charge in [0.05, 0.1) is 89.7 Å². The summed E-state index contributed by atoms with van der Waals surface area (Å²) in [5.74, 6) is 0. The van der Waals surface area contributed by atoms with Gasteiger partial charge in [0.25, 0.3) is 0 Å².